The number of benzene rings is 1. The fourth-order valence-corrected chi connectivity index (χ4v) is 4.53. The topological polar surface area (TPSA) is 78.5 Å². The van der Waals surface area contributed by atoms with E-state index in [1.165, 1.54) is 31.3 Å². The molecule has 0 spiro atoms. The highest BCUT2D eigenvalue weighted by Gasteiger charge is 2.22. The van der Waals surface area contributed by atoms with Crippen molar-refractivity contribution in [2.45, 2.75) is 24.8 Å². The summed E-state index contributed by atoms with van der Waals surface area (Å²) in [6, 6.07) is 7.92. The van der Waals surface area contributed by atoms with Crippen molar-refractivity contribution in [2.75, 3.05) is 26.7 Å². The zero-order valence-corrected chi connectivity index (χ0v) is 16.9. The first-order chi connectivity index (χ1) is 12.4. The maximum Gasteiger partial charge on any atom is 0.251 e. The number of nitrogens with one attached hydrogen (secondary N) is 2. The Labute approximate surface area is 159 Å². The summed E-state index contributed by atoms with van der Waals surface area (Å²) < 4.78 is 28.0. The first-order valence-electron chi connectivity index (χ1n) is 8.50. The van der Waals surface area contributed by atoms with Gasteiger partial charge in [-0.3, -0.25) is 9.69 Å². The number of carbonyl (C=O) groups is 1. The molecule has 6 nitrogen and oxygen atoms in total. The minimum atomic E-state index is -3.65. The van der Waals surface area contributed by atoms with E-state index in [2.05, 4.69) is 34.2 Å². The Hall–Kier alpha value is -1.74. The van der Waals surface area contributed by atoms with Gasteiger partial charge in [-0.1, -0.05) is 13.8 Å². The lowest BCUT2D eigenvalue weighted by atomic mass is 10.1. The zero-order chi connectivity index (χ0) is 19.2. The Bertz CT molecular complexity index is 799. The predicted octanol–water partition coefficient (Wildman–Crippen LogP) is 2.47. The van der Waals surface area contributed by atoms with Crippen molar-refractivity contribution >= 4 is 27.3 Å². The summed E-state index contributed by atoms with van der Waals surface area (Å²) in [5.74, 6) is -0.249. The third-order valence-electron chi connectivity index (χ3n) is 4.30. The van der Waals surface area contributed by atoms with Crippen LogP contribution in [0.2, 0.25) is 0 Å². The molecule has 8 heteroatoms. The van der Waals surface area contributed by atoms with Gasteiger partial charge >= 0.3 is 0 Å². The molecule has 1 atom stereocenters. The van der Waals surface area contributed by atoms with Gasteiger partial charge < -0.3 is 5.32 Å². The molecule has 2 aromatic rings. The molecule has 142 valence electrons. The van der Waals surface area contributed by atoms with Gasteiger partial charge in [0.25, 0.3) is 5.91 Å². The number of hydrogen-bond donors (Lipinski definition) is 2. The van der Waals surface area contributed by atoms with Gasteiger partial charge in [-0.15, -0.1) is 0 Å². The third-order valence-corrected chi connectivity index (χ3v) is 6.44. The van der Waals surface area contributed by atoms with Crippen molar-refractivity contribution in [3.8, 4) is 0 Å². The number of nitrogens with zero attached hydrogens (tertiary/aromatic N) is 1. The van der Waals surface area contributed by atoms with Gasteiger partial charge in [-0.05, 0) is 59.7 Å². The first kappa shape index (κ1) is 20.6. The molecule has 0 aliphatic carbocycles. The molecule has 0 fully saturated rings. The quantitative estimate of drug-likeness (QED) is 0.684. The molecule has 0 bridgehead atoms. The molecule has 0 saturated heterocycles. The fraction of sp³-hybridized carbons (Fsp3) is 0.389. The second-order valence-electron chi connectivity index (χ2n) is 5.75. The van der Waals surface area contributed by atoms with E-state index in [1.54, 1.807) is 11.3 Å². The summed E-state index contributed by atoms with van der Waals surface area (Å²) >= 11 is 1.60. The van der Waals surface area contributed by atoms with E-state index in [0.29, 0.717) is 5.56 Å². The monoisotopic (exact) mass is 395 g/mol. The van der Waals surface area contributed by atoms with Crippen LogP contribution < -0.4 is 10.0 Å². The second kappa shape index (κ2) is 9.27. The highest BCUT2D eigenvalue weighted by atomic mass is 32.2. The Kier molecular flexibility index (Phi) is 7.33. The number of amides is 1. The molecule has 0 aliphatic rings. The second-order valence-corrected chi connectivity index (χ2v) is 8.30. The number of likely N-dealkylation sites (N-methyl/N-ethyl adjacent to an activating group) is 1. The summed E-state index contributed by atoms with van der Waals surface area (Å²) in [6.07, 6.45) is 0. The van der Waals surface area contributed by atoms with E-state index in [9.17, 15) is 13.2 Å². The van der Waals surface area contributed by atoms with Gasteiger partial charge in [-0.25, -0.2) is 13.1 Å². The third kappa shape index (κ3) is 4.91. The number of rotatable bonds is 9. The average molecular weight is 396 g/mol. The van der Waals surface area contributed by atoms with Crippen LogP contribution in [0.5, 0.6) is 0 Å². The van der Waals surface area contributed by atoms with Crippen molar-refractivity contribution < 1.29 is 13.2 Å². The number of carbonyl (C=O) groups excluding carboxylic acids is 1. The van der Waals surface area contributed by atoms with Crippen molar-refractivity contribution in [1.29, 1.82) is 0 Å². The molecule has 0 radical (unpaired) electrons. The Morgan fingerprint density at radius 3 is 2.31 bits per heavy atom. The molecule has 0 saturated carbocycles. The average Bonchev–Trinajstić information content (AvgIpc) is 3.19. The van der Waals surface area contributed by atoms with Crippen molar-refractivity contribution in [2.24, 2.45) is 0 Å². The fourth-order valence-electron chi connectivity index (χ4n) is 2.79. The highest BCUT2D eigenvalue weighted by molar-refractivity contribution is 7.89. The lowest BCUT2D eigenvalue weighted by Gasteiger charge is -2.29. The highest BCUT2D eigenvalue weighted by Crippen LogP contribution is 2.23. The molecule has 1 unspecified atom stereocenters. The van der Waals surface area contributed by atoms with Crippen molar-refractivity contribution in [1.82, 2.24) is 14.9 Å². The zero-order valence-electron chi connectivity index (χ0n) is 15.2. The van der Waals surface area contributed by atoms with E-state index in [-0.39, 0.29) is 23.4 Å². The molecule has 1 aromatic heterocycles. The van der Waals surface area contributed by atoms with Gasteiger partial charge in [0.05, 0.1) is 4.90 Å². The lowest BCUT2D eigenvalue weighted by Crippen LogP contribution is -2.37. The Morgan fingerprint density at radius 2 is 1.81 bits per heavy atom. The summed E-state index contributed by atoms with van der Waals surface area (Å²) in [5, 5.41) is 6.56. The molecule has 26 heavy (non-hydrogen) atoms. The minimum absolute atomic E-state index is 0.0174. The molecule has 2 rings (SSSR count). The standard InChI is InChI=1S/C18H25N3O3S2/c1-4-21(5-2)17(15-10-11-25-13-15)12-20-26(23,24)16-8-6-14(7-9-16)18(22)19-3/h6-11,13,17,20H,4-5,12H2,1-3H3,(H,19,22). The van der Waals surface area contributed by atoms with E-state index in [1.807, 2.05) is 11.4 Å². The number of sulfonamides is 1. The van der Waals surface area contributed by atoms with Gasteiger partial charge in [0.1, 0.15) is 0 Å². The number of thiophene rings is 1. The van der Waals surface area contributed by atoms with Gasteiger partial charge in [0.15, 0.2) is 0 Å². The van der Waals surface area contributed by atoms with Gasteiger partial charge in [-0.2, -0.15) is 11.3 Å². The minimum Gasteiger partial charge on any atom is -0.355 e. The molecular formula is C18H25N3O3S2. The summed E-state index contributed by atoms with van der Waals surface area (Å²) in [7, 11) is -2.12. The molecule has 2 N–H and O–H groups in total. The smallest absolute Gasteiger partial charge is 0.251 e. The molecule has 1 amide bonds. The predicted molar refractivity (Wildman–Crippen MR) is 105 cm³/mol. The largest absolute Gasteiger partial charge is 0.355 e. The van der Waals surface area contributed by atoms with Crippen LogP contribution in [0.4, 0.5) is 0 Å². The SMILES string of the molecule is CCN(CC)C(CNS(=O)(=O)c1ccc(C(=O)NC)cc1)c1ccsc1. The van der Waals surface area contributed by atoms with E-state index in [0.717, 1.165) is 18.7 Å². The van der Waals surface area contributed by atoms with Crippen LogP contribution in [0.25, 0.3) is 0 Å². The van der Waals surface area contributed by atoms with Crippen LogP contribution in [-0.2, 0) is 10.0 Å². The Morgan fingerprint density at radius 1 is 1.15 bits per heavy atom. The molecule has 1 aromatic carbocycles. The lowest BCUT2D eigenvalue weighted by molar-refractivity contribution is 0.0963. The van der Waals surface area contributed by atoms with Crippen LogP contribution in [0.1, 0.15) is 35.8 Å². The maximum absolute atomic E-state index is 12.6. The van der Waals surface area contributed by atoms with E-state index < -0.39 is 10.0 Å². The van der Waals surface area contributed by atoms with Crippen LogP contribution >= 0.6 is 11.3 Å². The molecule has 1 heterocycles. The molecular weight excluding hydrogens is 370 g/mol. The first-order valence-corrected chi connectivity index (χ1v) is 10.9. The summed E-state index contributed by atoms with van der Waals surface area (Å²) in [5.41, 5.74) is 1.53. The van der Waals surface area contributed by atoms with Crippen LogP contribution in [-0.4, -0.2) is 45.9 Å². The van der Waals surface area contributed by atoms with Crippen LogP contribution in [0.3, 0.4) is 0 Å². The Balaban J connectivity index is 2.15. The molecule has 0 aliphatic heterocycles. The van der Waals surface area contributed by atoms with Crippen LogP contribution in [0, 0.1) is 0 Å². The van der Waals surface area contributed by atoms with E-state index in [4.69, 9.17) is 0 Å². The summed E-state index contributed by atoms with van der Waals surface area (Å²) in [4.78, 5) is 13.9. The van der Waals surface area contributed by atoms with Gasteiger partial charge in [0.2, 0.25) is 10.0 Å². The summed E-state index contributed by atoms with van der Waals surface area (Å²) in [6.45, 7) is 6.08. The van der Waals surface area contributed by atoms with E-state index >= 15 is 0 Å². The maximum atomic E-state index is 12.6. The van der Waals surface area contributed by atoms with Crippen LogP contribution in [0.15, 0.2) is 46.0 Å². The van der Waals surface area contributed by atoms with Crippen molar-refractivity contribution in [3.05, 3.63) is 52.2 Å². The van der Waals surface area contributed by atoms with Gasteiger partial charge in [0, 0.05) is 25.2 Å². The normalized spacial score (nSPS) is 12.9. The number of hydrogen-bond acceptors (Lipinski definition) is 5. The van der Waals surface area contributed by atoms with Crippen molar-refractivity contribution in [3.63, 3.8) is 0 Å².